The maximum atomic E-state index is 8.70. The van der Waals surface area contributed by atoms with E-state index in [4.69, 9.17) is 20.7 Å². The smallest absolute Gasteiger partial charge is 0.121 e. The molecule has 0 aliphatic rings. The van der Waals surface area contributed by atoms with Crippen LogP contribution in [-0.4, -0.2) is 15.0 Å². The van der Waals surface area contributed by atoms with Gasteiger partial charge in [0.15, 0.2) is 0 Å². The van der Waals surface area contributed by atoms with Gasteiger partial charge in [-0.3, -0.25) is 0 Å². The average molecular weight is 875 g/mol. The van der Waals surface area contributed by atoms with Gasteiger partial charge < -0.3 is 23.8 Å². The number of hydrogen-bond acceptors (Lipinski definition) is 5. The third-order valence-electron chi connectivity index (χ3n) is 9.29. The molecule has 4 aromatic carbocycles. The van der Waals surface area contributed by atoms with E-state index >= 15 is 0 Å². The van der Waals surface area contributed by atoms with Crippen LogP contribution in [0, 0.1) is 25.0 Å². The molecule has 6 heteroatoms. The maximum Gasteiger partial charge on any atom is 0.121 e. The molecule has 0 saturated heterocycles. The van der Waals surface area contributed by atoms with Gasteiger partial charge in [-0.05, 0) is 82.5 Å². The number of aromatic nitrogens is 3. The molecular weight excluding hydrogens is 831 g/mol. The second-order valence-electron chi connectivity index (χ2n) is 13.6. The van der Waals surface area contributed by atoms with Crippen LogP contribution < -0.4 is 0 Å². The standard InChI is InChI=1S/C30H29N2O.C17H10NO.Ir/c1-19(2)15-21-16-25(31-17-20(21)3)24-18-32-29(30(4,5)22-11-7-6-8-12-22)27-23-13-9-10-14-26(23)33-28(24)27;1-2-10-16-12(6-1)13-7-5-8-14(17(13)19-16)15-9-3-4-11-18-15;/h6-14,16-17,19H,15H2,1-5H3;1-7,9-11H;/q2*-1;/i3D3,15D2;;. The summed E-state index contributed by atoms with van der Waals surface area (Å²) in [6.07, 6.45) is 4.27. The molecule has 0 amide bonds. The first kappa shape index (κ1) is 30.1. The largest absolute Gasteiger partial charge is 0.501 e. The van der Waals surface area contributed by atoms with Crippen molar-refractivity contribution in [3.63, 3.8) is 0 Å². The summed E-state index contributed by atoms with van der Waals surface area (Å²) in [4.78, 5) is 13.7. The van der Waals surface area contributed by atoms with Crippen LogP contribution in [0.3, 0.4) is 0 Å². The van der Waals surface area contributed by atoms with Crippen molar-refractivity contribution in [2.24, 2.45) is 5.92 Å². The Labute approximate surface area is 330 Å². The second-order valence-corrected chi connectivity index (χ2v) is 13.6. The van der Waals surface area contributed by atoms with Crippen LogP contribution in [0.2, 0.25) is 0 Å². The van der Waals surface area contributed by atoms with E-state index in [1.54, 1.807) is 20.0 Å². The zero-order valence-electron chi connectivity index (χ0n) is 34.7. The van der Waals surface area contributed by atoms with Crippen molar-refractivity contribution < 1.29 is 35.8 Å². The van der Waals surface area contributed by atoms with Crippen LogP contribution >= 0.6 is 0 Å². The van der Waals surface area contributed by atoms with E-state index in [1.165, 1.54) is 12.3 Å². The molecule has 1 radical (unpaired) electrons. The molecule has 9 aromatic rings. The first-order valence-electron chi connectivity index (χ1n) is 19.8. The molecular formula is C47H39IrN3O2-2. The SMILES string of the molecule is [2H]C([2H])([2H])c1cnc(-c2[c-]nc(C(C)(C)c3ccccc3)c3c2oc2ccccc23)cc1C([2H])([2H])C(C)C.[Ir].[c-]1ccc2c(oc3ccccc32)c1-c1ccccn1. The predicted molar refractivity (Wildman–Crippen MR) is 211 cm³/mol. The molecule has 0 unspecified atom stereocenters. The Morgan fingerprint density at radius 2 is 1.45 bits per heavy atom. The number of furan rings is 2. The Morgan fingerprint density at radius 3 is 2.19 bits per heavy atom. The molecule has 0 saturated carbocycles. The summed E-state index contributed by atoms with van der Waals surface area (Å²) in [7, 11) is 0. The second kappa shape index (κ2) is 14.9. The Bertz CT molecular complexity index is 2890. The van der Waals surface area contributed by atoms with Gasteiger partial charge in [0.2, 0.25) is 0 Å². The molecule has 5 nitrogen and oxygen atoms in total. The molecule has 53 heavy (non-hydrogen) atoms. The minimum absolute atomic E-state index is 0. The zero-order chi connectivity index (χ0) is 40.1. The first-order chi connectivity index (χ1) is 27.3. The van der Waals surface area contributed by atoms with Crippen LogP contribution in [-0.2, 0) is 31.9 Å². The van der Waals surface area contributed by atoms with Crippen LogP contribution in [0.5, 0.6) is 0 Å². The normalized spacial score (nSPS) is 13.5. The summed E-state index contributed by atoms with van der Waals surface area (Å²) in [5, 5.41) is 3.97. The number of fused-ring (bicyclic) bond motifs is 6. The van der Waals surface area contributed by atoms with Gasteiger partial charge in [-0.25, -0.2) is 0 Å². The maximum absolute atomic E-state index is 8.70. The Hall–Kier alpha value is -5.42. The Kier molecular flexibility index (Phi) is 8.46. The quantitative estimate of drug-likeness (QED) is 0.156. The number of rotatable bonds is 6. The minimum Gasteiger partial charge on any atom is -0.501 e. The van der Waals surface area contributed by atoms with Gasteiger partial charge in [-0.1, -0.05) is 135 Å². The zero-order valence-corrected chi connectivity index (χ0v) is 32.1. The number of hydrogen-bond donors (Lipinski definition) is 0. The average Bonchev–Trinajstić information content (AvgIpc) is 3.80. The van der Waals surface area contributed by atoms with Crippen LogP contribution in [0.4, 0.5) is 0 Å². The van der Waals surface area contributed by atoms with Gasteiger partial charge in [0.05, 0.1) is 11.2 Å². The van der Waals surface area contributed by atoms with Crippen LogP contribution in [0.1, 0.15) is 56.9 Å². The molecule has 5 heterocycles. The predicted octanol–water partition coefficient (Wildman–Crippen LogP) is 12.1. The molecule has 0 atom stereocenters. The van der Waals surface area contributed by atoms with Crippen LogP contribution in [0.15, 0.2) is 136 Å². The molecule has 0 aliphatic heterocycles. The van der Waals surface area contributed by atoms with E-state index in [9.17, 15) is 0 Å². The Morgan fingerprint density at radius 1 is 0.755 bits per heavy atom. The fourth-order valence-corrected chi connectivity index (χ4v) is 6.71. The van der Waals surface area contributed by atoms with E-state index in [0.717, 1.165) is 55.2 Å². The van der Waals surface area contributed by atoms with E-state index in [1.807, 2.05) is 91.0 Å². The van der Waals surface area contributed by atoms with Crippen molar-refractivity contribution in [2.45, 2.75) is 46.3 Å². The third-order valence-corrected chi connectivity index (χ3v) is 9.29. The molecule has 9 rings (SSSR count). The van der Waals surface area contributed by atoms with Crippen molar-refractivity contribution >= 4 is 43.9 Å². The molecule has 0 bridgehead atoms. The van der Waals surface area contributed by atoms with Gasteiger partial charge in [0.1, 0.15) is 11.2 Å². The van der Waals surface area contributed by atoms with Crippen molar-refractivity contribution in [3.05, 3.63) is 162 Å². The van der Waals surface area contributed by atoms with Crippen molar-refractivity contribution in [3.8, 4) is 22.5 Å². The Balaban J connectivity index is 0.000000213. The summed E-state index contributed by atoms with van der Waals surface area (Å²) in [6, 6.07) is 40.5. The van der Waals surface area contributed by atoms with Crippen molar-refractivity contribution in [2.75, 3.05) is 0 Å². The van der Waals surface area contributed by atoms with Crippen LogP contribution in [0.25, 0.3) is 66.4 Å². The molecule has 0 N–H and O–H groups in total. The number of benzene rings is 4. The van der Waals surface area contributed by atoms with Gasteiger partial charge in [0.25, 0.3) is 0 Å². The minimum atomic E-state index is -2.51. The summed E-state index contributed by atoms with van der Waals surface area (Å²) < 4.78 is 53.7. The number of para-hydroxylation sites is 2. The number of nitrogens with zero attached hydrogens (tertiary/aromatic N) is 3. The number of aryl methyl sites for hydroxylation is 1. The fourth-order valence-electron chi connectivity index (χ4n) is 6.71. The monoisotopic (exact) mass is 875 g/mol. The molecule has 0 fully saturated rings. The van der Waals surface area contributed by atoms with E-state index < -0.39 is 24.6 Å². The van der Waals surface area contributed by atoms with E-state index in [-0.39, 0.29) is 31.2 Å². The molecule has 0 aliphatic carbocycles. The number of pyridine rings is 3. The van der Waals surface area contributed by atoms with Gasteiger partial charge >= 0.3 is 0 Å². The first-order valence-corrected chi connectivity index (χ1v) is 17.3. The summed E-state index contributed by atoms with van der Waals surface area (Å²) in [6.45, 7) is 5.17. The topological polar surface area (TPSA) is 65.0 Å². The molecule has 265 valence electrons. The molecule has 0 spiro atoms. The van der Waals surface area contributed by atoms with E-state index in [2.05, 4.69) is 54.3 Å². The van der Waals surface area contributed by atoms with Crippen molar-refractivity contribution in [1.82, 2.24) is 15.0 Å². The van der Waals surface area contributed by atoms with E-state index in [0.29, 0.717) is 22.4 Å². The summed E-state index contributed by atoms with van der Waals surface area (Å²) in [5.74, 6) is -0.457. The van der Waals surface area contributed by atoms with Gasteiger partial charge in [0, 0.05) is 50.1 Å². The van der Waals surface area contributed by atoms with Crippen molar-refractivity contribution in [1.29, 1.82) is 0 Å². The van der Waals surface area contributed by atoms with Gasteiger partial charge in [-0.2, -0.15) is 0 Å². The molecule has 5 aromatic heterocycles. The summed E-state index contributed by atoms with van der Waals surface area (Å²) >= 11 is 0. The van der Waals surface area contributed by atoms with Gasteiger partial charge in [-0.15, -0.1) is 18.2 Å². The third kappa shape index (κ3) is 6.81. The summed E-state index contributed by atoms with van der Waals surface area (Å²) in [5.41, 5.74) is 6.98. The fraction of sp³-hybridized carbons (Fsp3) is 0.170.